The molecule has 0 aliphatic heterocycles. The van der Waals surface area contributed by atoms with Crippen LogP contribution in [0.2, 0.25) is 0 Å². The molecular formula is C20H18N4O3. The van der Waals surface area contributed by atoms with Crippen molar-refractivity contribution in [1.29, 1.82) is 0 Å². The van der Waals surface area contributed by atoms with Crippen LogP contribution in [0.3, 0.4) is 0 Å². The first-order valence-corrected chi connectivity index (χ1v) is 8.40. The van der Waals surface area contributed by atoms with Crippen molar-refractivity contribution in [2.45, 2.75) is 6.54 Å². The van der Waals surface area contributed by atoms with E-state index in [0.29, 0.717) is 12.1 Å². The average molecular weight is 362 g/mol. The van der Waals surface area contributed by atoms with E-state index in [1.54, 1.807) is 31.5 Å². The summed E-state index contributed by atoms with van der Waals surface area (Å²) in [5, 5.41) is 4.25. The summed E-state index contributed by atoms with van der Waals surface area (Å²) in [6.07, 6.45) is 3.65. The fourth-order valence-electron chi connectivity index (χ4n) is 3.01. The number of ether oxygens (including phenoxy) is 2. The van der Waals surface area contributed by atoms with Gasteiger partial charge < -0.3 is 14.5 Å². The van der Waals surface area contributed by atoms with Gasteiger partial charge in [0.2, 0.25) is 0 Å². The molecule has 2 aromatic carbocycles. The molecule has 0 saturated carbocycles. The number of benzene rings is 2. The molecule has 0 bridgehead atoms. The van der Waals surface area contributed by atoms with Crippen LogP contribution in [0, 0.1) is 0 Å². The fraction of sp³-hybridized carbons (Fsp3) is 0.150. The van der Waals surface area contributed by atoms with Crippen LogP contribution >= 0.6 is 0 Å². The van der Waals surface area contributed by atoms with Crippen LogP contribution < -0.4 is 4.74 Å². The van der Waals surface area contributed by atoms with E-state index < -0.39 is 0 Å². The van der Waals surface area contributed by atoms with Crippen molar-refractivity contribution in [3.05, 3.63) is 66.0 Å². The number of fused-ring (bicyclic) bond motifs is 1. The van der Waals surface area contributed by atoms with Crippen molar-refractivity contribution in [3.63, 3.8) is 0 Å². The number of hydrogen-bond acceptors (Lipinski definition) is 5. The van der Waals surface area contributed by atoms with Gasteiger partial charge in [-0.15, -0.1) is 0 Å². The second kappa shape index (κ2) is 6.95. The Kier molecular flexibility index (Phi) is 4.33. The van der Waals surface area contributed by atoms with Crippen molar-refractivity contribution in [2.24, 2.45) is 0 Å². The van der Waals surface area contributed by atoms with Crippen molar-refractivity contribution in [3.8, 4) is 17.1 Å². The summed E-state index contributed by atoms with van der Waals surface area (Å²) in [6.45, 7) is 0.594. The van der Waals surface area contributed by atoms with Gasteiger partial charge in [0.1, 0.15) is 11.6 Å². The predicted octanol–water partition coefficient (Wildman–Crippen LogP) is 3.27. The van der Waals surface area contributed by atoms with Gasteiger partial charge in [-0.05, 0) is 42.5 Å². The van der Waals surface area contributed by atoms with Crippen LogP contribution in [-0.2, 0) is 11.3 Å². The molecule has 0 atom stereocenters. The van der Waals surface area contributed by atoms with Crippen LogP contribution in [0.4, 0.5) is 0 Å². The van der Waals surface area contributed by atoms with Gasteiger partial charge in [0.25, 0.3) is 0 Å². The minimum Gasteiger partial charge on any atom is -0.496 e. The lowest BCUT2D eigenvalue weighted by molar-refractivity contribution is 0.0601. The summed E-state index contributed by atoms with van der Waals surface area (Å²) in [7, 11) is 3.01. The molecule has 2 aromatic heterocycles. The van der Waals surface area contributed by atoms with Gasteiger partial charge >= 0.3 is 5.97 Å². The summed E-state index contributed by atoms with van der Waals surface area (Å²) >= 11 is 0. The molecule has 27 heavy (non-hydrogen) atoms. The van der Waals surface area contributed by atoms with Crippen molar-refractivity contribution in [1.82, 2.24) is 19.7 Å². The van der Waals surface area contributed by atoms with Crippen LogP contribution in [0.1, 0.15) is 15.9 Å². The fourth-order valence-corrected chi connectivity index (χ4v) is 3.01. The Morgan fingerprint density at radius 2 is 2.07 bits per heavy atom. The number of H-pyrrole nitrogens is 1. The molecule has 1 N–H and O–H groups in total. The highest BCUT2D eigenvalue weighted by atomic mass is 16.5. The van der Waals surface area contributed by atoms with Crippen molar-refractivity contribution >= 4 is 17.0 Å². The number of carbonyl (C=O) groups is 1. The maximum absolute atomic E-state index is 11.7. The molecule has 4 aromatic rings. The first-order valence-electron chi connectivity index (χ1n) is 8.40. The summed E-state index contributed by atoms with van der Waals surface area (Å²) < 4.78 is 12.1. The van der Waals surface area contributed by atoms with E-state index in [0.717, 1.165) is 33.7 Å². The van der Waals surface area contributed by atoms with Gasteiger partial charge in [-0.2, -0.15) is 5.10 Å². The lowest BCUT2D eigenvalue weighted by atomic mass is 10.1. The number of nitrogens with one attached hydrogen (secondary N) is 1. The predicted molar refractivity (Wildman–Crippen MR) is 101 cm³/mol. The highest BCUT2D eigenvalue weighted by Crippen LogP contribution is 2.27. The molecule has 7 heteroatoms. The maximum Gasteiger partial charge on any atom is 0.337 e. The Hall–Kier alpha value is -3.61. The number of carbonyl (C=O) groups excluding carboxylic acids is 1. The van der Waals surface area contributed by atoms with Gasteiger partial charge in [0, 0.05) is 23.5 Å². The second-order valence-electron chi connectivity index (χ2n) is 6.04. The standard InChI is InChI=1S/C20H18N4O3/c1-26-18-7-5-13(10-15(18)12-24-9-3-8-21-24)19-22-16-6-4-14(20(25)27-2)11-17(16)23-19/h3-11H,12H2,1-2H3,(H,22,23). The summed E-state index contributed by atoms with van der Waals surface area (Å²) in [4.78, 5) is 19.6. The van der Waals surface area contributed by atoms with Gasteiger partial charge in [-0.3, -0.25) is 4.68 Å². The maximum atomic E-state index is 11.7. The average Bonchev–Trinajstić information content (AvgIpc) is 3.36. The molecular weight excluding hydrogens is 344 g/mol. The zero-order valence-corrected chi connectivity index (χ0v) is 15.0. The van der Waals surface area contributed by atoms with E-state index in [1.165, 1.54) is 7.11 Å². The number of rotatable bonds is 5. The zero-order valence-electron chi connectivity index (χ0n) is 15.0. The van der Waals surface area contributed by atoms with Crippen molar-refractivity contribution < 1.29 is 14.3 Å². The minimum atomic E-state index is -0.376. The molecule has 0 aliphatic rings. The number of hydrogen-bond donors (Lipinski definition) is 1. The lowest BCUT2D eigenvalue weighted by Gasteiger charge is -2.10. The number of imidazole rings is 1. The molecule has 0 unspecified atom stereocenters. The van der Waals surface area contributed by atoms with Gasteiger partial charge in [0.05, 0.1) is 37.4 Å². The monoisotopic (exact) mass is 362 g/mol. The van der Waals surface area contributed by atoms with Crippen LogP contribution in [0.25, 0.3) is 22.4 Å². The van der Waals surface area contributed by atoms with Crippen LogP contribution in [-0.4, -0.2) is 39.9 Å². The Balaban J connectivity index is 1.73. The minimum absolute atomic E-state index is 0.376. The number of aromatic nitrogens is 4. The highest BCUT2D eigenvalue weighted by molar-refractivity contribution is 5.94. The third-order valence-corrected chi connectivity index (χ3v) is 4.35. The normalized spacial score (nSPS) is 10.9. The number of methoxy groups -OCH3 is 2. The van der Waals surface area contributed by atoms with E-state index >= 15 is 0 Å². The van der Waals surface area contributed by atoms with Gasteiger partial charge in [0.15, 0.2) is 0 Å². The molecule has 4 rings (SSSR count). The van der Waals surface area contributed by atoms with Crippen LogP contribution in [0.15, 0.2) is 54.9 Å². The Labute approximate surface area is 155 Å². The summed E-state index contributed by atoms with van der Waals surface area (Å²) in [5.74, 6) is 1.13. The highest BCUT2D eigenvalue weighted by Gasteiger charge is 2.12. The quantitative estimate of drug-likeness (QED) is 0.551. The van der Waals surface area contributed by atoms with E-state index in [9.17, 15) is 4.79 Å². The van der Waals surface area contributed by atoms with Gasteiger partial charge in [-0.25, -0.2) is 9.78 Å². The number of esters is 1. The third kappa shape index (κ3) is 3.27. The summed E-state index contributed by atoms with van der Waals surface area (Å²) in [5.41, 5.74) is 3.96. The Morgan fingerprint density at radius 1 is 1.19 bits per heavy atom. The van der Waals surface area contributed by atoms with Gasteiger partial charge in [-0.1, -0.05) is 0 Å². The first-order chi connectivity index (χ1) is 13.2. The molecule has 0 spiro atoms. The number of aromatic amines is 1. The lowest BCUT2D eigenvalue weighted by Crippen LogP contribution is -2.02. The molecule has 0 fully saturated rings. The third-order valence-electron chi connectivity index (χ3n) is 4.35. The molecule has 0 amide bonds. The zero-order chi connectivity index (χ0) is 18.8. The first kappa shape index (κ1) is 16.8. The molecule has 7 nitrogen and oxygen atoms in total. The Morgan fingerprint density at radius 3 is 2.81 bits per heavy atom. The van der Waals surface area contributed by atoms with E-state index in [2.05, 4.69) is 15.1 Å². The topological polar surface area (TPSA) is 82.0 Å². The van der Waals surface area contributed by atoms with E-state index in [1.807, 2.05) is 35.1 Å². The summed E-state index contributed by atoms with van der Waals surface area (Å²) in [6, 6.07) is 13.0. The second-order valence-corrected chi connectivity index (χ2v) is 6.04. The van der Waals surface area contributed by atoms with Crippen LogP contribution in [0.5, 0.6) is 5.75 Å². The molecule has 2 heterocycles. The Bertz CT molecular complexity index is 1100. The molecule has 0 saturated heterocycles. The smallest absolute Gasteiger partial charge is 0.337 e. The largest absolute Gasteiger partial charge is 0.496 e. The molecule has 0 aliphatic carbocycles. The van der Waals surface area contributed by atoms with E-state index in [4.69, 9.17) is 9.47 Å². The molecule has 0 radical (unpaired) electrons. The number of nitrogens with zero attached hydrogens (tertiary/aromatic N) is 3. The molecule has 136 valence electrons. The SMILES string of the molecule is COC(=O)c1ccc2nc(-c3ccc(OC)c(Cn4cccn4)c3)[nH]c2c1. The van der Waals surface area contributed by atoms with Crippen molar-refractivity contribution in [2.75, 3.05) is 14.2 Å². The van der Waals surface area contributed by atoms with E-state index in [-0.39, 0.29) is 5.97 Å².